The molecule has 7 nitrogen and oxygen atoms in total. The van der Waals surface area contributed by atoms with Crippen molar-refractivity contribution in [1.29, 1.82) is 0 Å². The van der Waals surface area contributed by atoms with Gasteiger partial charge in [-0.3, -0.25) is 4.79 Å². The van der Waals surface area contributed by atoms with E-state index in [1.54, 1.807) is 7.11 Å². The van der Waals surface area contributed by atoms with Crippen molar-refractivity contribution in [2.24, 2.45) is 0 Å². The fourth-order valence-electron chi connectivity index (χ4n) is 3.89. The van der Waals surface area contributed by atoms with Gasteiger partial charge in [0.25, 0.3) is 0 Å². The fourth-order valence-corrected chi connectivity index (χ4v) is 3.89. The summed E-state index contributed by atoms with van der Waals surface area (Å²) < 4.78 is 17.4. The van der Waals surface area contributed by atoms with Crippen molar-refractivity contribution >= 4 is 16.9 Å². The summed E-state index contributed by atoms with van der Waals surface area (Å²) in [5, 5.41) is 3.61. The monoisotopic (exact) mass is 416 g/mol. The van der Waals surface area contributed by atoms with Crippen molar-refractivity contribution in [3.63, 3.8) is 0 Å². The zero-order valence-corrected chi connectivity index (χ0v) is 18.8. The van der Waals surface area contributed by atoms with Gasteiger partial charge in [-0.1, -0.05) is 0 Å². The third-order valence-corrected chi connectivity index (χ3v) is 5.60. The molecular weight excluding hydrogens is 384 g/mol. The van der Waals surface area contributed by atoms with Gasteiger partial charge in [-0.05, 0) is 66.2 Å². The second-order valence-corrected chi connectivity index (χ2v) is 8.80. The highest BCUT2D eigenvalue weighted by Gasteiger charge is 2.31. The van der Waals surface area contributed by atoms with E-state index in [0.29, 0.717) is 34.8 Å². The molecule has 0 saturated heterocycles. The molecule has 1 amide bonds. The number of benzene rings is 1. The number of nitrogens with one attached hydrogen (secondary N) is 1. The van der Waals surface area contributed by atoms with E-state index < -0.39 is 5.63 Å². The Kier molecular flexibility index (Phi) is 6.41. The molecule has 164 valence electrons. The highest BCUT2D eigenvalue weighted by Crippen LogP contribution is 2.43. The lowest BCUT2D eigenvalue weighted by Crippen LogP contribution is -2.33. The Morgan fingerprint density at radius 2 is 2.07 bits per heavy atom. The minimum Gasteiger partial charge on any atom is -0.496 e. The van der Waals surface area contributed by atoms with Gasteiger partial charge in [0.2, 0.25) is 5.91 Å². The third-order valence-electron chi connectivity index (χ3n) is 5.60. The molecule has 0 unspecified atom stereocenters. The van der Waals surface area contributed by atoms with Crippen LogP contribution in [0.5, 0.6) is 11.5 Å². The predicted molar refractivity (Wildman–Crippen MR) is 117 cm³/mol. The molecule has 0 bridgehead atoms. The number of amides is 1. The Balaban J connectivity index is 1.95. The third kappa shape index (κ3) is 4.61. The molecule has 1 aromatic carbocycles. The minimum absolute atomic E-state index is 0.0180. The van der Waals surface area contributed by atoms with Gasteiger partial charge >= 0.3 is 5.63 Å². The molecule has 0 atom stereocenters. The number of methoxy groups -OCH3 is 1. The number of hydrogen-bond acceptors (Lipinski definition) is 6. The summed E-state index contributed by atoms with van der Waals surface area (Å²) in [6.07, 6.45) is 2.40. The van der Waals surface area contributed by atoms with Crippen molar-refractivity contribution in [1.82, 2.24) is 10.2 Å². The van der Waals surface area contributed by atoms with Gasteiger partial charge in [-0.2, -0.15) is 0 Å². The van der Waals surface area contributed by atoms with E-state index in [0.717, 1.165) is 36.8 Å². The van der Waals surface area contributed by atoms with Crippen LogP contribution in [0.1, 0.15) is 43.4 Å². The number of ether oxygens (including phenoxy) is 2. The fraction of sp³-hybridized carbons (Fsp3) is 0.565. The molecule has 1 N–H and O–H groups in total. The van der Waals surface area contributed by atoms with Crippen molar-refractivity contribution in [3.05, 3.63) is 33.2 Å². The zero-order chi connectivity index (χ0) is 22.1. The van der Waals surface area contributed by atoms with Gasteiger partial charge in [0.15, 0.2) is 0 Å². The average molecular weight is 417 g/mol. The Bertz CT molecular complexity index is 1010. The lowest BCUT2D eigenvalue weighted by molar-refractivity contribution is -0.120. The van der Waals surface area contributed by atoms with Crippen LogP contribution in [0.15, 0.2) is 15.3 Å². The topological polar surface area (TPSA) is 81.0 Å². The molecule has 0 spiro atoms. The van der Waals surface area contributed by atoms with Crippen molar-refractivity contribution in [2.75, 3.05) is 34.3 Å². The lowest BCUT2D eigenvalue weighted by atomic mass is 9.91. The highest BCUT2D eigenvalue weighted by molar-refractivity contribution is 5.93. The summed E-state index contributed by atoms with van der Waals surface area (Å²) in [6, 6.07) is 1.86. The van der Waals surface area contributed by atoms with E-state index in [-0.39, 0.29) is 17.9 Å². The number of rotatable bonds is 7. The number of nitrogens with zero attached hydrogens (tertiary/aromatic N) is 1. The first kappa shape index (κ1) is 22.2. The van der Waals surface area contributed by atoms with Crippen LogP contribution in [0.4, 0.5) is 0 Å². The van der Waals surface area contributed by atoms with E-state index in [1.165, 1.54) is 0 Å². The Hall–Kier alpha value is -2.54. The summed E-state index contributed by atoms with van der Waals surface area (Å²) in [5.74, 6) is 1.07. The summed E-state index contributed by atoms with van der Waals surface area (Å²) in [5.41, 5.74) is 1.69. The van der Waals surface area contributed by atoms with Crippen LogP contribution in [0.2, 0.25) is 0 Å². The smallest absolute Gasteiger partial charge is 0.340 e. The Morgan fingerprint density at radius 1 is 1.33 bits per heavy atom. The molecule has 1 aliphatic rings. The molecule has 2 heterocycles. The van der Waals surface area contributed by atoms with Crippen LogP contribution in [0, 0.1) is 6.92 Å². The van der Waals surface area contributed by atoms with Gasteiger partial charge < -0.3 is 24.1 Å². The highest BCUT2D eigenvalue weighted by atomic mass is 16.5. The second-order valence-electron chi connectivity index (χ2n) is 8.80. The van der Waals surface area contributed by atoms with Gasteiger partial charge in [-0.15, -0.1) is 0 Å². The molecule has 7 heteroatoms. The van der Waals surface area contributed by atoms with Gasteiger partial charge in [0, 0.05) is 18.2 Å². The SMILES string of the molecule is COc1cc2c(c3oc(=O)c(CC(=O)NCCCN(C)C)c(C)c13)CCC(C)(C)O2. The standard InChI is InChI=1S/C23H32N2O5/c1-14-16(12-19(26)24-10-7-11-25(4)5)22(27)29-21-15-8-9-23(2,3)30-17(15)13-18(28-6)20(14)21/h13H,7-12H2,1-6H3,(H,24,26). The molecule has 0 saturated carbocycles. The first-order valence-corrected chi connectivity index (χ1v) is 10.4. The quantitative estimate of drug-likeness (QED) is 0.552. The maximum absolute atomic E-state index is 12.8. The van der Waals surface area contributed by atoms with Crippen molar-refractivity contribution in [2.45, 2.75) is 52.1 Å². The zero-order valence-electron chi connectivity index (χ0n) is 18.8. The van der Waals surface area contributed by atoms with Gasteiger partial charge in [0.1, 0.15) is 22.7 Å². The van der Waals surface area contributed by atoms with Crippen LogP contribution in [-0.2, 0) is 17.6 Å². The maximum Gasteiger partial charge on any atom is 0.340 e. The maximum atomic E-state index is 12.8. The normalized spacial score (nSPS) is 15.0. The molecule has 2 aromatic rings. The molecule has 30 heavy (non-hydrogen) atoms. The van der Waals surface area contributed by atoms with Gasteiger partial charge in [0.05, 0.1) is 24.5 Å². The summed E-state index contributed by atoms with van der Waals surface area (Å²) in [7, 11) is 5.56. The molecule has 0 radical (unpaired) electrons. The predicted octanol–water partition coefficient (Wildman–Crippen LogP) is 2.82. The molecule has 1 aliphatic heterocycles. The number of aryl methyl sites for hydroxylation is 2. The average Bonchev–Trinajstić information content (AvgIpc) is 2.66. The Labute approximate surface area is 177 Å². The second kappa shape index (κ2) is 8.68. The van der Waals surface area contributed by atoms with Crippen LogP contribution in [-0.4, -0.2) is 50.7 Å². The van der Waals surface area contributed by atoms with Crippen LogP contribution in [0.3, 0.4) is 0 Å². The Morgan fingerprint density at radius 3 is 2.73 bits per heavy atom. The van der Waals surface area contributed by atoms with Crippen molar-refractivity contribution in [3.8, 4) is 11.5 Å². The first-order valence-electron chi connectivity index (χ1n) is 10.4. The summed E-state index contributed by atoms with van der Waals surface area (Å²) in [4.78, 5) is 27.2. The minimum atomic E-state index is -0.483. The largest absolute Gasteiger partial charge is 0.496 e. The molecule has 0 aliphatic carbocycles. The van der Waals surface area contributed by atoms with E-state index in [4.69, 9.17) is 13.9 Å². The van der Waals surface area contributed by atoms with Gasteiger partial charge in [-0.25, -0.2) is 4.79 Å². The summed E-state index contributed by atoms with van der Waals surface area (Å²) >= 11 is 0. The van der Waals surface area contributed by atoms with E-state index in [1.807, 2.05) is 40.9 Å². The van der Waals surface area contributed by atoms with E-state index in [9.17, 15) is 9.59 Å². The molecule has 3 rings (SSSR count). The number of carbonyl (C=O) groups is 1. The van der Waals surface area contributed by atoms with Crippen LogP contribution < -0.4 is 20.4 Å². The van der Waals surface area contributed by atoms with E-state index in [2.05, 4.69) is 10.2 Å². The molecule has 0 fully saturated rings. The number of hydrogen-bond donors (Lipinski definition) is 1. The molecule has 1 aromatic heterocycles. The van der Waals surface area contributed by atoms with Crippen LogP contribution >= 0.6 is 0 Å². The summed E-state index contributed by atoms with van der Waals surface area (Å²) in [6.45, 7) is 7.37. The molecular formula is C23H32N2O5. The van der Waals surface area contributed by atoms with Crippen molar-refractivity contribution < 1.29 is 18.7 Å². The van der Waals surface area contributed by atoms with E-state index >= 15 is 0 Å². The number of fused-ring (bicyclic) bond motifs is 3. The van der Waals surface area contributed by atoms with Crippen LogP contribution in [0.25, 0.3) is 11.0 Å². The lowest BCUT2D eigenvalue weighted by Gasteiger charge is -2.33. The number of carbonyl (C=O) groups excluding carboxylic acids is 1. The first-order chi connectivity index (χ1) is 14.1.